The summed E-state index contributed by atoms with van der Waals surface area (Å²) in [6, 6.07) is 0. The highest BCUT2D eigenvalue weighted by atomic mass is 19.1. The van der Waals surface area contributed by atoms with Gasteiger partial charge in [0, 0.05) is 6.54 Å². The van der Waals surface area contributed by atoms with Gasteiger partial charge in [-0.3, -0.25) is 14.0 Å². The Kier molecular flexibility index (Phi) is 4.07. The summed E-state index contributed by atoms with van der Waals surface area (Å²) in [7, 11) is 0. The van der Waals surface area contributed by atoms with Crippen LogP contribution in [0.5, 0.6) is 0 Å². The summed E-state index contributed by atoms with van der Waals surface area (Å²) >= 11 is 0. The number of amides is 2. The first kappa shape index (κ1) is 15.3. The molecule has 0 radical (unpaired) electrons. The van der Waals surface area contributed by atoms with E-state index in [9.17, 15) is 14.0 Å². The highest BCUT2D eigenvalue weighted by molar-refractivity contribution is 6.02. The van der Waals surface area contributed by atoms with Gasteiger partial charge in [0.15, 0.2) is 0 Å². The summed E-state index contributed by atoms with van der Waals surface area (Å²) in [4.78, 5) is 27.2. The summed E-state index contributed by atoms with van der Waals surface area (Å²) < 4.78 is 12.6. The van der Waals surface area contributed by atoms with Crippen molar-refractivity contribution in [3.8, 4) is 0 Å². The normalized spacial score (nSPS) is 29.5. The first-order chi connectivity index (χ1) is 9.46. The number of nitrogens with zero attached hydrogens (tertiary/aromatic N) is 1. The molecule has 1 saturated heterocycles. The third kappa shape index (κ3) is 2.11. The molecule has 114 valence electrons. The summed E-state index contributed by atoms with van der Waals surface area (Å²) in [6.07, 6.45) is 3.37. The van der Waals surface area contributed by atoms with Crippen molar-refractivity contribution in [2.75, 3.05) is 13.2 Å². The minimum atomic E-state index is -0.804. The van der Waals surface area contributed by atoms with Crippen LogP contribution in [0.25, 0.3) is 0 Å². The predicted octanol–water partition coefficient (Wildman–Crippen LogP) is 2.03. The lowest BCUT2D eigenvalue weighted by molar-refractivity contribution is -0.164. The molecule has 1 heterocycles. The van der Waals surface area contributed by atoms with Crippen molar-refractivity contribution in [1.82, 2.24) is 10.2 Å². The molecule has 1 aliphatic heterocycles. The van der Waals surface area contributed by atoms with Crippen molar-refractivity contribution in [2.45, 2.75) is 64.0 Å². The molecular formula is C15H25FN2O2. The maximum Gasteiger partial charge on any atom is 0.249 e. The molecule has 1 atom stereocenters. The number of carbonyl (C=O) groups excluding carboxylic acids is 2. The van der Waals surface area contributed by atoms with Crippen LogP contribution in [0.3, 0.4) is 0 Å². The molecule has 20 heavy (non-hydrogen) atoms. The van der Waals surface area contributed by atoms with Crippen molar-refractivity contribution in [2.24, 2.45) is 5.92 Å². The van der Waals surface area contributed by atoms with Crippen molar-refractivity contribution < 1.29 is 14.0 Å². The average molecular weight is 284 g/mol. The van der Waals surface area contributed by atoms with Gasteiger partial charge < -0.3 is 10.2 Å². The van der Waals surface area contributed by atoms with E-state index in [1.54, 1.807) is 4.90 Å². The Labute approximate surface area is 120 Å². The number of carbonyl (C=O) groups is 2. The second-order valence-corrected chi connectivity index (χ2v) is 6.16. The Morgan fingerprint density at radius 1 is 1.30 bits per heavy atom. The molecule has 2 rings (SSSR count). The molecule has 1 unspecified atom stereocenters. The van der Waals surface area contributed by atoms with Crippen LogP contribution in [0.15, 0.2) is 0 Å². The van der Waals surface area contributed by atoms with E-state index in [1.165, 1.54) is 0 Å². The van der Waals surface area contributed by atoms with E-state index < -0.39 is 17.8 Å². The zero-order valence-corrected chi connectivity index (χ0v) is 12.7. The largest absolute Gasteiger partial charge is 0.340 e. The molecule has 0 bridgehead atoms. The Hall–Kier alpha value is -1.13. The summed E-state index contributed by atoms with van der Waals surface area (Å²) in [5.41, 5.74) is -1.60. The second kappa shape index (κ2) is 5.34. The number of alkyl halides is 1. The molecule has 1 N–H and O–H groups in total. The Bertz CT molecular complexity index is 405. The lowest BCUT2D eigenvalue weighted by Crippen LogP contribution is -2.75. The van der Waals surface area contributed by atoms with Gasteiger partial charge in [-0.25, -0.2) is 0 Å². The summed E-state index contributed by atoms with van der Waals surface area (Å²) in [5.74, 6) is 0.116. The molecule has 2 aliphatic rings. The van der Waals surface area contributed by atoms with Crippen LogP contribution in [-0.4, -0.2) is 41.0 Å². The Morgan fingerprint density at radius 3 is 2.35 bits per heavy atom. The molecular weight excluding hydrogens is 259 g/mol. The van der Waals surface area contributed by atoms with E-state index in [4.69, 9.17) is 0 Å². The molecule has 2 fully saturated rings. The minimum absolute atomic E-state index is 0.0371. The lowest BCUT2D eigenvalue weighted by atomic mass is 9.80. The van der Waals surface area contributed by atoms with Gasteiger partial charge >= 0.3 is 0 Å². The van der Waals surface area contributed by atoms with Crippen LogP contribution in [0, 0.1) is 5.92 Å². The highest BCUT2D eigenvalue weighted by Gasteiger charge is 2.60. The Balaban J connectivity index is 2.36. The van der Waals surface area contributed by atoms with Crippen LogP contribution < -0.4 is 5.32 Å². The smallest absolute Gasteiger partial charge is 0.249 e. The second-order valence-electron chi connectivity index (χ2n) is 6.16. The first-order valence-electron chi connectivity index (χ1n) is 7.67. The number of hydrogen-bond acceptors (Lipinski definition) is 2. The van der Waals surface area contributed by atoms with Gasteiger partial charge in [-0.15, -0.1) is 0 Å². The standard InChI is InChI=1S/C15H25FN2O2/c1-4-15(5-2)13(20)18(10-6-9-16)14(3,11-7-8-11)12(19)17-15/h11H,4-10H2,1-3H3,(H,17,19). The first-order valence-corrected chi connectivity index (χ1v) is 7.67. The number of nitrogens with one attached hydrogen (secondary N) is 1. The van der Waals surface area contributed by atoms with Crippen LogP contribution in [0.2, 0.25) is 0 Å². The molecule has 2 amide bonds. The van der Waals surface area contributed by atoms with E-state index in [-0.39, 0.29) is 17.7 Å². The highest BCUT2D eigenvalue weighted by Crippen LogP contribution is 2.46. The lowest BCUT2D eigenvalue weighted by Gasteiger charge is -2.51. The van der Waals surface area contributed by atoms with Gasteiger partial charge in [-0.05, 0) is 44.9 Å². The maximum absolute atomic E-state index is 12.9. The van der Waals surface area contributed by atoms with E-state index in [2.05, 4.69) is 5.32 Å². The monoisotopic (exact) mass is 284 g/mol. The average Bonchev–Trinajstić information content (AvgIpc) is 3.28. The van der Waals surface area contributed by atoms with Crippen LogP contribution in [0.1, 0.15) is 52.9 Å². The third-order valence-electron chi connectivity index (χ3n) is 5.12. The summed E-state index contributed by atoms with van der Waals surface area (Å²) in [5, 5.41) is 2.97. The molecule has 0 aromatic heterocycles. The molecule has 4 nitrogen and oxygen atoms in total. The Morgan fingerprint density at radius 2 is 1.90 bits per heavy atom. The fourth-order valence-corrected chi connectivity index (χ4v) is 3.32. The molecule has 1 aliphatic carbocycles. The van der Waals surface area contributed by atoms with Crippen molar-refractivity contribution in [3.63, 3.8) is 0 Å². The van der Waals surface area contributed by atoms with E-state index in [1.807, 2.05) is 20.8 Å². The van der Waals surface area contributed by atoms with Crippen molar-refractivity contribution >= 4 is 11.8 Å². The van der Waals surface area contributed by atoms with E-state index in [0.29, 0.717) is 25.8 Å². The fraction of sp³-hybridized carbons (Fsp3) is 0.867. The van der Waals surface area contributed by atoms with Gasteiger partial charge in [0.05, 0.1) is 6.67 Å². The van der Waals surface area contributed by atoms with E-state index in [0.717, 1.165) is 12.8 Å². The van der Waals surface area contributed by atoms with Crippen LogP contribution in [0.4, 0.5) is 4.39 Å². The zero-order valence-electron chi connectivity index (χ0n) is 12.7. The maximum atomic E-state index is 12.9. The van der Waals surface area contributed by atoms with Crippen molar-refractivity contribution in [1.29, 1.82) is 0 Å². The molecule has 1 saturated carbocycles. The van der Waals surface area contributed by atoms with E-state index >= 15 is 0 Å². The fourth-order valence-electron chi connectivity index (χ4n) is 3.32. The minimum Gasteiger partial charge on any atom is -0.340 e. The van der Waals surface area contributed by atoms with Crippen LogP contribution in [-0.2, 0) is 9.59 Å². The predicted molar refractivity (Wildman–Crippen MR) is 74.9 cm³/mol. The van der Waals surface area contributed by atoms with Crippen molar-refractivity contribution in [3.05, 3.63) is 0 Å². The third-order valence-corrected chi connectivity index (χ3v) is 5.12. The van der Waals surface area contributed by atoms with Gasteiger partial charge in [0.25, 0.3) is 0 Å². The van der Waals surface area contributed by atoms with Crippen LogP contribution >= 0.6 is 0 Å². The zero-order chi connectivity index (χ0) is 15.0. The van der Waals surface area contributed by atoms with Gasteiger partial charge in [-0.2, -0.15) is 0 Å². The molecule has 0 aromatic carbocycles. The number of halogens is 1. The van der Waals surface area contributed by atoms with Gasteiger partial charge in [0.2, 0.25) is 11.8 Å². The number of hydrogen-bond donors (Lipinski definition) is 1. The number of piperazine rings is 1. The topological polar surface area (TPSA) is 49.4 Å². The molecule has 0 aromatic rings. The summed E-state index contributed by atoms with van der Waals surface area (Å²) in [6.45, 7) is 5.53. The SMILES string of the molecule is CCC1(CC)NC(=O)C(C)(C2CC2)N(CCCF)C1=O. The van der Waals surface area contributed by atoms with Gasteiger partial charge in [-0.1, -0.05) is 13.8 Å². The van der Waals surface area contributed by atoms with Gasteiger partial charge in [0.1, 0.15) is 11.1 Å². The molecule has 0 spiro atoms. The quantitative estimate of drug-likeness (QED) is 0.811. The molecule has 5 heteroatoms. The number of rotatable bonds is 6.